The molecule has 0 aliphatic heterocycles. The smallest absolute Gasteiger partial charge is 0.149 e. The van der Waals surface area contributed by atoms with E-state index in [1.807, 2.05) is 31.2 Å². The lowest BCUT2D eigenvalue weighted by Gasteiger charge is -2.15. The maximum Gasteiger partial charge on any atom is 0.149 e. The Bertz CT molecular complexity index is 611. The van der Waals surface area contributed by atoms with Gasteiger partial charge in [0.05, 0.1) is 14.2 Å². The zero-order chi connectivity index (χ0) is 14.0. The number of rotatable bonds is 3. The van der Waals surface area contributed by atoms with Crippen LogP contribution in [0.2, 0.25) is 5.02 Å². The molecule has 19 heavy (non-hydrogen) atoms. The van der Waals surface area contributed by atoms with Gasteiger partial charge in [-0.3, -0.25) is 0 Å². The molecule has 0 aliphatic carbocycles. The Labute approximate surface area is 117 Å². The summed E-state index contributed by atoms with van der Waals surface area (Å²) in [5.41, 5.74) is 9.62. The summed E-state index contributed by atoms with van der Waals surface area (Å²) in [7, 11) is 3.15. The highest BCUT2D eigenvalue weighted by Gasteiger charge is 2.16. The van der Waals surface area contributed by atoms with E-state index >= 15 is 0 Å². The SMILES string of the molecule is COc1ccc(-c2ccc(C)cc2N)c(OC)c1Cl. The molecule has 3 nitrogen and oxygen atoms in total. The summed E-state index contributed by atoms with van der Waals surface area (Å²) in [6.45, 7) is 2.00. The standard InChI is InChI=1S/C15H16ClNO2/c1-9-4-5-10(12(17)8-9)11-6-7-13(18-2)14(16)15(11)19-3/h4-8H,17H2,1-3H3. The van der Waals surface area contributed by atoms with Crippen molar-refractivity contribution in [3.8, 4) is 22.6 Å². The van der Waals surface area contributed by atoms with Crippen LogP contribution >= 0.6 is 11.6 Å². The molecule has 0 fully saturated rings. The van der Waals surface area contributed by atoms with E-state index < -0.39 is 0 Å². The van der Waals surface area contributed by atoms with Crippen molar-refractivity contribution in [2.24, 2.45) is 0 Å². The van der Waals surface area contributed by atoms with Gasteiger partial charge < -0.3 is 15.2 Å². The first-order valence-electron chi connectivity index (χ1n) is 5.85. The van der Waals surface area contributed by atoms with E-state index in [-0.39, 0.29) is 0 Å². The van der Waals surface area contributed by atoms with E-state index in [1.165, 1.54) is 0 Å². The Morgan fingerprint density at radius 2 is 1.68 bits per heavy atom. The van der Waals surface area contributed by atoms with E-state index in [2.05, 4.69) is 0 Å². The highest BCUT2D eigenvalue weighted by Crippen LogP contribution is 2.43. The molecular weight excluding hydrogens is 262 g/mol. The van der Waals surface area contributed by atoms with Crippen molar-refractivity contribution >= 4 is 17.3 Å². The molecule has 2 aromatic rings. The van der Waals surface area contributed by atoms with Gasteiger partial charge >= 0.3 is 0 Å². The average Bonchev–Trinajstić information content (AvgIpc) is 2.38. The van der Waals surface area contributed by atoms with Crippen LogP contribution in [0.5, 0.6) is 11.5 Å². The van der Waals surface area contributed by atoms with Crippen LogP contribution in [0.25, 0.3) is 11.1 Å². The molecule has 0 radical (unpaired) electrons. The molecule has 2 rings (SSSR count). The van der Waals surface area contributed by atoms with Crippen LogP contribution in [0, 0.1) is 6.92 Å². The number of halogens is 1. The molecular formula is C15H16ClNO2. The summed E-state index contributed by atoms with van der Waals surface area (Å²) in [5.74, 6) is 1.14. The van der Waals surface area contributed by atoms with E-state index in [1.54, 1.807) is 20.3 Å². The van der Waals surface area contributed by atoms with Crippen molar-refractivity contribution in [3.05, 3.63) is 40.9 Å². The Morgan fingerprint density at radius 1 is 1.00 bits per heavy atom. The monoisotopic (exact) mass is 277 g/mol. The zero-order valence-corrected chi connectivity index (χ0v) is 11.9. The molecule has 0 amide bonds. The molecule has 2 N–H and O–H groups in total. The largest absolute Gasteiger partial charge is 0.495 e. The maximum atomic E-state index is 6.26. The molecule has 0 heterocycles. The lowest BCUT2D eigenvalue weighted by atomic mass is 10.0. The third kappa shape index (κ3) is 2.47. The van der Waals surface area contributed by atoms with Gasteiger partial charge in [-0.1, -0.05) is 23.7 Å². The summed E-state index contributed by atoms with van der Waals surface area (Å²) < 4.78 is 10.6. The third-order valence-electron chi connectivity index (χ3n) is 2.98. The number of anilines is 1. The van der Waals surface area contributed by atoms with Crippen molar-refractivity contribution in [1.82, 2.24) is 0 Å². The lowest BCUT2D eigenvalue weighted by Crippen LogP contribution is -1.96. The Morgan fingerprint density at radius 3 is 2.26 bits per heavy atom. The quantitative estimate of drug-likeness (QED) is 0.865. The minimum Gasteiger partial charge on any atom is -0.495 e. The number of ether oxygens (including phenoxy) is 2. The van der Waals surface area contributed by atoms with Gasteiger partial charge in [0.1, 0.15) is 16.5 Å². The Kier molecular flexibility index (Phi) is 3.86. The number of hydrogen-bond donors (Lipinski definition) is 1. The van der Waals surface area contributed by atoms with Crippen LogP contribution in [-0.4, -0.2) is 14.2 Å². The van der Waals surface area contributed by atoms with Crippen LogP contribution < -0.4 is 15.2 Å². The topological polar surface area (TPSA) is 44.5 Å². The third-order valence-corrected chi connectivity index (χ3v) is 3.34. The van der Waals surface area contributed by atoms with Crippen LogP contribution in [-0.2, 0) is 0 Å². The van der Waals surface area contributed by atoms with Gasteiger partial charge in [0, 0.05) is 16.8 Å². The van der Waals surface area contributed by atoms with Crippen molar-refractivity contribution in [2.75, 3.05) is 20.0 Å². The second-order valence-electron chi connectivity index (χ2n) is 4.25. The molecule has 0 aliphatic rings. The summed E-state index contributed by atoms with van der Waals surface area (Å²) >= 11 is 6.26. The van der Waals surface area contributed by atoms with Gasteiger partial charge in [-0.25, -0.2) is 0 Å². The Hall–Kier alpha value is -1.87. The van der Waals surface area contributed by atoms with Crippen LogP contribution in [0.4, 0.5) is 5.69 Å². The fraction of sp³-hybridized carbons (Fsp3) is 0.200. The number of hydrogen-bond acceptors (Lipinski definition) is 3. The highest BCUT2D eigenvalue weighted by atomic mass is 35.5. The van der Waals surface area contributed by atoms with Crippen LogP contribution in [0.3, 0.4) is 0 Å². The van der Waals surface area contributed by atoms with Gasteiger partial charge in [0.15, 0.2) is 0 Å². The van der Waals surface area contributed by atoms with Gasteiger partial charge in [0.2, 0.25) is 0 Å². The average molecular weight is 278 g/mol. The first-order valence-corrected chi connectivity index (χ1v) is 6.23. The maximum absolute atomic E-state index is 6.26. The van der Waals surface area contributed by atoms with E-state index in [9.17, 15) is 0 Å². The number of methoxy groups -OCH3 is 2. The van der Waals surface area contributed by atoms with Gasteiger partial charge in [0.25, 0.3) is 0 Å². The number of aryl methyl sites for hydroxylation is 1. The predicted molar refractivity (Wildman–Crippen MR) is 79.1 cm³/mol. The number of nitrogens with two attached hydrogens (primary N) is 1. The number of nitrogen functional groups attached to an aromatic ring is 1. The van der Waals surface area contributed by atoms with Crippen LogP contribution in [0.1, 0.15) is 5.56 Å². The minimum absolute atomic E-state index is 0.447. The van der Waals surface area contributed by atoms with E-state index in [4.69, 9.17) is 26.8 Å². The normalized spacial score (nSPS) is 10.3. The van der Waals surface area contributed by atoms with Crippen molar-refractivity contribution in [2.45, 2.75) is 6.92 Å². The molecule has 0 aromatic heterocycles. The van der Waals surface area contributed by atoms with Crippen molar-refractivity contribution < 1.29 is 9.47 Å². The Balaban J connectivity index is 2.65. The predicted octanol–water partition coefficient (Wildman–Crippen LogP) is 3.91. The molecule has 0 bridgehead atoms. The molecule has 0 unspecified atom stereocenters. The van der Waals surface area contributed by atoms with Gasteiger partial charge in [-0.15, -0.1) is 0 Å². The summed E-state index contributed by atoms with van der Waals surface area (Å²) in [6, 6.07) is 9.59. The molecule has 4 heteroatoms. The summed E-state index contributed by atoms with van der Waals surface area (Å²) in [5, 5.41) is 0.447. The molecule has 100 valence electrons. The molecule has 0 saturated carbocycles. The molecule has 0 atom stereocenters. The number of benzene rings is 2. The van der Waals surface area contributed by atoms with Crippen molar-refractivity contribution in [3.63, 3.8) is 0 Å². The lowest BCUT2D eigenvalue weighted by molar-refractivity contribution is 0.396. The zero-order valence-electron chi connectivity index (χ0n) is 11.2. The second kappa shape index (κ2) is 5.41. The highest BCUT2D eigenvalue weighted by molar-refractivity contribution is 6.34. The summed E-state index contributed by atoms with van der Waals surface area (Å²) in [6.07, 6.45) is 0. The first-order chi connectivity index (χ1) is 9.08. The fourth-order valence-electron chi connectivity index (χ4n) is 2.03. The molecule has 0 spiro atoms. The fourth-order valence-corrected chi connectivity index (χ4v) is 2.35. The van der Waals surface area contributed by atoms with Gasteiger partial charge in [-0.05, 0) is 30.7 Å². The minimum atomic E-state index is 0.447. The second-order valence-corrected chi connectivity index (χ2v) is 4.63. The first kappa shape index (κ1) is 13.6. The summed E-state index contributed by atoms with van der Waals surface area (Å²) in [4.78, 5) is 0. The molecule has 0 saturated heterocycles. The van der Waals surface area contributed by atoms with Crippen molar-refractivity contribution in [1.29, 1.82) is 0 Å². The van der Waals surface area contributed by atoms with E-state index in [0.717, 1.165) is 16.7 Å². The van der Waals surface area contributed by atoms with E-state index in [0.29, 0.717) is 22.2 Å². The van der Waals surface area contributed by atoms with Crippen LogP contribution in [0.15, 0.2) is 30.3 Å². The molecule has 2 aromatic carbocycles. The van der Waals surface area contributed by atoms with Gasteiger partial charge in [-0.2, -0.15) is 0 Å².